The van der Waals surface area contributed by atoms with Gasteiger partial charge in [0.15, 0.2) is 6.61 Å². The van der Waals surface area contributed by atoms with Crippen LogP contribution >= 0.6 is 23.2 Å². The second-order valence-electron chi connectivity index (χ2n) is 5.06. The van der Waals surface area contributed by atoms with Crippen LogP contribution in [0.4, 0.5) is 0 Å². The summed E-state index contributed by atoms with van der Waals surface area (Å²) in [7, 11) is 0. The van der Waals surface area contributed by atoms with Crippen LogP contribution in [0, 0.1) is 6.92 Å². The highest BCUT2D eigenvalue weighted by Crippen LogP contribution is 2.27. The SMILES string of the molecule is Cc1ccc(C(C)NC(=O)COc2cc(Cl)ccc2Cl)cc1. The van der Waals surface area contributed by atoms with Crippen molar-refractivity contribution in [3.8, 4) is 5.75 Å². The van der Waals surface area contributed by atoms with Crippen molar-refractivity contribution in [2.75, 3.05) is 6.61 Å². The van der Waals surface area contributed by atoms with E-state index in [4.69, 9.17) is 27.9 Å². The van der Waals surface area contributed by atoms with Gasteiger partial charge in [0, 0.05) is 11.1 Å². The summed E-state index contributed by atoms with van der Waals surface area (Å²) in [5.41, 5.74) is 2.22. The van der Waals surface area contributed by atoms with Gasteiger partial charge in [-0.1, -0.05) is 53.0 Å². The normalized spacial score (nSPS) is 11.8. The van der Waals surface area contributed by atoms with Crippen molar-refractivity contribution in [3.05, 3.63) is 63.6 Å². The summed E-state index contributed by atoms with van der Waals surface area (Å²) in [4.78, 5) is 12.0. The molecule has 0 aliphatic heterocycles. The number of hydrogen-bond donors (Lipinski definition) is 1. The Balaban J connectivity index is 1.90. The zero-order valence-corrected chi connectivity index (χ0v) is 13.9. The molecule has 2 aromatic rings. The largest absolute Gasteiger partial charge is 0.482 e. The van der Waals surface area contributed by atoms with Crippen LogP contribution in [0.5, 0.6) is 5.75 Å². The first-order valence-electron chi connectivity index (χ1n) is 6.89. The van der Waals surface area contributed by atoms with E-state index < -0.39 is 0 Å². The van der Waals surface area contributed by atoms with Crippen molar-refractivity contribution in [1.82, 2.24) is 5.32 Å². The number of aryl methyl sites for hydroxylation is 1. The molecule has 0 aliphatic carbocycles. The highest BCUT2D eigenvalue weighted by molar-refractivity contribution is 6.34. The van der Waals surface area contributed by atoms with Crippen LogP contribution in [0.3, 0.4) is 0 Å². The van der Waals surface area contributed by atoms with E-state index in [2.05, 4.69) is 5.32 Å². The first kappa shape index (κ1) is 16.7. The molecule has 5 heteroatoms. The summed E-state index contributed by atoms with van der Waals surface area (Å²) in [5, 5.41) is 3.81. The average Bonchev–Trinajstić information content (AvgIpc) is 2.49. The minimum absolute atomic E-state index is 0.0912. The topological polar surface area (TPSA) is 38.3 Å². The van der Waals surface area contributed by atoms with E-state index in [0.29, 0.717) is 15.8 Å². The molecule has 0 radical (unpaired) electrons. The standard InChI is InChI=1S/C17H17Cl2NO2/c1-11-3-5-13(6-4-11)12(2)20-17(21)10-22-16-9-14(18)7-8-15(16)19/h3-9,12H,10H2,1-2H3,(H,20,21). The van der Waals surface area contributed by atoms with Crippen LogP contribution in [-0.4, -0.2) is 12.5 Å². The third kappa shape index (κ3) is 4.65. The van der Waals surface area contributed by atoms with Gasteiger partial charge in [-0.25, -0.2) is 0 Å². The number of hydrogen-bond acceptors (Lipinski definition) is 2. The molecule has 0 saturated carbocycles. The number of carbonyl (C=O) groups is 1. The smallest absolute Gasteiger partial charge is 0.258 e. The maximum Gasteiger partial charge on any atom is 0.258 e. The lowest BCUT2D eigenvalue weighted by Gasteiger charge is -2.15. The molecule has 116 valence electrons. The van der Waals surface area contributed by atoms with Crippen molar-refractivity contribution >= 4 is 29.1 Å². The third-order valence-electron chi connectivity index (χ3n) is 3.21. The lowest BCUT2D eigenvalue weighted by molar-refractivity contribution is -0.123. The molecule has 0 aliphatic rings. The van der Waals surface area contributed by atoms with Gasteiger partial charge < -0.3 is 10.1 Å². The summed E-state index contributed by atoms with van der Waals surface area (Å²) >= 11 is 11.9. The van der Waals surface area contributed by atoms with Crippen molar-refractivity contribution < 1.29 is 9.53 Å². The summed E-state index contributed by atoms with van der Waals surface area (Å²) in [6.07, 6.45) is 0. The molecule has 2 rings (SSSR count). The second-order valence-corrected chi connectivity index (χ2v) is 5.91. The van der Waals surface area contributed by atoms with Gasteiger partial charge in [-0.2, -0.15) is 0 Å². The van der Waals surface area contributed by atoms with Crippen LogP contribution in [0.25, 0.3) is 0 Å². The Bertz CT molecular complexity index is 656. The summed E-state index contributed by atoms with van der Waals surface area (Å²) in [5.74, 6) is 0.177. The van der Waals surface area contributed by atoms with E-state index in [1.165, 1.54) is 5.56 Å². The molecule has 3 nitrogen and oxygen atoms in total. The van der Waals surface area contributed by atoms with E-state index in [1.54, 1.807) is 18.2 Å². The molecule has 1 amide bonds. The zero-order valence-electron chi connectivity index (χ0n) is 12.4. The highest BCUT2D eigenvalue weighted by atomic mass is 35.5. The van der Waals surface area contributed by atoms with E-state index in [-0.39, 0.29) is 18.6 Å². The predicted octanol–water partition coefficient (Wildman–Crippen LogP) is 4.56. The lowest BCUT2D eigenvalue weighted by Crippen LogP contribution is -2.31. The Labute approximate surface area is 140 Å². The van der Waals surface area contributed by atoms with E-state index in [1.807, 2.05) is 38.1 Å². The van der Waals surface area contributed by atoms with Gasteiger partial charge in [0.1, 0.15) is 5.75 Å². The highest BCUT2D eigenvalue weighted by Gasteiger charge is 2.11. The predicted molar refractivity (Wildman–Crippen MR) is 89.7 cm³/mol. The molecule has 0 fully saturated rings. The molecule has 0 saturated heterocycles. The van der Waals surface area contributed by atoms with Crippen molar-refractivity contribution in [3.63, 3.8) is 0 Å². The Hall–Kier alpha value is -1.71. The first-order chi connectivity index (χ1) is 10.5. The molecule has 0 heterocycles. The molecule has 1 atom stereocenters. The fraction of sp³-hybridized carbons (Fsp3) is 0.235. The zero-order chi connectivity index (χ0) is 16.1. The van der Waals surface area contributed by atoms with Gasteiger partial charge in [-0.05, 0) is 31.5 Å². The Morgan fingerprint density at radius 2 is 1.86 bits per heavy atom. The maximum absolute atomic E-state index is 12.0. The van der Waals surface area contributed by atoms with Crippen LogP contribution in [0.15, 0.2) is 42.5 Å². The molecule has 2 aromatic carbocycles. The number of carbonyl (C=O) groups excluding carboxylic acids is 1. The minimum atomic E-state index is -0.218. The molecule has 1 unspecified atom stereocenters. The molecular weight excluding hydrogens is 321 g/mol. The van der Waals surface area contributed by atoms with Crippen LogP contribution in [0.2, 0.25) is 10.0 Å². The fourth-order valence-corrected chi connectivity index (χ4v) is 2.29. The molecule has 0 bridgehead atoms. The quantitative estimate of drug-likeness (QED) is 0.868. The van der Waals surface area contributed by atoms with E-state index in [9.17, 15) is 4.79 Å². The van der Waals surface area contributed by atoms with Gasteiger partial charge in [0.2, 0.25) is 0 Å². The number of benzene rings is 2. The average molecular weight is 338 g/mol. The van der Waals surface area contributed by atoms with Gasteiger partial charge >= 0.3 is 0 Å². The van der Waals surface area contributed by atoms with Crippen molar-refractivity contribution in [2.45, 2.75) is 19.9 Å². The minimum Gasteiger partial charge on any atom is -0.482 e. The van der Waals surface area contributed by atoms with Gasteiger partial charge in [0.05, 0.1) is 11.1 Å². The molecule has 1 N–H and O–H groups in total. The first-order valence-corrected chi connectivity index (χ1v) is 7.65. The molecular formula is C17H17Cl2NO2. The van der Waals surface area contributed by atoms with E-state index in [0.717, 1.165) is 5.56 Å². The van der Waals surface area contributed by atoms with Crippen molar-refractivity contribution in [1.29, 1.82) is 0 Å². The Morgan fingerprint density at radius 3 is 2.55 bits per heavy atom. The van der Waals surface area contributed by atoms with Crippen LogP contribution < -0.4 is 10.1 Å². The van der Waals surface area contributed by atoms with Crippen LogP contribution in [-0.2, 0) is 4.79 Å². The monoisotopic (exact) mass is 337 g/mol. The van der Waals surface area contributed by atoms with Gasteiger partial charge in [-0.3, -0.25) is 4.79 Å². The van der Waals surface area contributed by atoms with Gasteiger partial charge in [0.25, 0.3) is 5.91 Å². The summed E-state index contributed by atoms with van der Waals surface area (Å²) in [6, 6.07) is 12.8. The third-order valence-corrected chi connectivity index (χ3v) is 3.75. The molecule has 0 aromatic heterocycles. The van der Waals surface area contributed by atoms with E-state index >= 15 is 0 Å². The number of nitrogens with one attached hydrogen (secondary N) is 1. The summed E-state index contributed by atoms with van der Waals surface area (Å²) in [6.45, 7) is 3.83. The number of halogens is 2. The van der Waals surface area contributed by atoms with Gasteiger partial charge in [-0.15, -0.1) is 0 Å². The fourth-order valence-electron chi connectivity index (χ4n) is 1.95. The Kier molecular flexibility index (Phi) is 5.69. The molecule has 22 heavy (non-hydrogen) atoms. The summed E-state index contributed by atoms with van der Waals surface area (Å²) < 4.78 is 5.41. The number of rotatable bonds is 5. The second kappa shape index (κ2) is 7.52. The maximum atomic E-state index is 12.0. The number of amides is 1. The lowest BCUT2D eigenvalue weighted by atomic mass is 10.1. The van der Waals surface area contributed by atoms with Crippen molar-refractivity contribution in [2.24, 2.45) is 0 Å². The molecule has 0 spiro atoms. The van der Waals surface area contributed by atoms with Crippen LogP contribution in [0.1, 0.15) is 24.1 Å². The number of ether oxygens (including phenoxy) is 1. The Morgan fingerprint density at radius 1 is 1.18 bits per heavy atom.